The van der Waals surface area contributed by atoms with Gasteiger partial charge >= 0.3 is 0 Å². The molecular weight excluding hydrogens is 217 g/mol. The van der Waals surface area contributed by atoms with Crippen LogP contribution in [0.2, 0.25) is 0 Å². The largest absolute Gasteiger partial charge is 0.380 e. The normalized spacial score (nSPS) is 23.4. The number of benzene rings is 1. The molecule has 2 rings (SSSR count). The Bertz CT molecular complexity index is 403. The van der Waals surface area contributed by atoms with Gasteiger partial charge in [-0.3, -0.25) is 0 Å². The van der Waals surface area contributed by atoms with Crippen molar-refractivity contribution < 1.29 is 9.13 Å². The molecule has 1 N–H and O–H groups in total. The highest BCUT2D eigenvalue weighted by Gasteiger charge is 2.29. The van der Waals surface area contributed by atoms with Crippen LogP contribution in [0.3, 0.4) is 0 Å². The van der Waals surface area contributed by atoms with E-state index in [1.54, 1.807) is 19.1 Å². The molecular formula is C14H20FNO. The fourth-order valence-electron chi connectivity index (χ4n) is 2.33. The lowest BCUT2D eigenvalue weighted by Crippen LogP contribution is -2.40. The predicted molar refractivity (Wildman–Crippen MR) is 67.8 cm³/mol. The summed E-state index contributed by atoms with van der Waals surface area (Å²) in [6.07, 6.45) is 1.83. The molecule has 2 nitrogen and oxygen atoms in total. The number of aryl methyl sites for hydroxylation is 1. The molecule has 0 saturated carbocycles. The van der Waals surface area contributed by atoms with E-state index < -0.39 is 0 Å². The predicted octanol–water partition coefficient (Wildman–Crippen LogP) is 3.50. The van der Waals surface area contributed by atoms with E-state index >= 15 is 0 Å². The van der Waals surface area contributed by atoms with Crippen molar-refractivity contribution in [3.05, 3.63) is 29.6 Å². The monoisotopic (exact) mass is 237 g/mol. The van der Waals surface area contributed by atoms with Gasteiger partial charge in [0, 0.05) is 12.6 Å². The van der Waals surface area contributed by atoms with Crippen LogP contribution in [-0.2, 0) is 4.74 Å². The lowest BCUT2D eigenvalue weighted by atomic mass is 9.93. The fourth-order valence-corrected chi connectivity index (χ4v) is 2.33. The minimum atomic E-state index is -0.142. The first-order chi connectivity index (χ1) is 7.98. The zero-order chi connectivity index (χ0) is 12.5. The maximum absolute atomic E-state index is 13.9. The third-order valence-electron chi connectivity index (χ3n) is 3.25. The van der Waals surface area contributed by atoms with Gasteiger partial charge in [-0.15, -0.1) is 0 Å². The molecule has 1 aliphatic rings. The molecule has 1 atom stereocenters. The van der Waals surface area contributed by atoms with Crippen molar-refractivity contribution in [2.24, 2.45) is 0 Å². The SMILES string of the molecule is Cc1cccc(NC2CCOC(C)(C)C2)c1F. The Hall–Kier alpha value is -1.09. The third-order valence-corrected chi connectivity index (χ3v) is 3.25. The lowest BCUT2D eigenvalue weighted by molar-refractivity contribution is -0.0553. The van der Waals surface area contributed by atoms with Crippen molar-refractivity contribution in [2.45, 2.75) is 45.3 Å². The summed E-state index contributed by atoms with van der Waals surface area (Å²) in [7, 11) is 0. The van der Waals surface area contributed by atoms with Crippen LogP contribution in [0.4, 0.5) is 10.1 Å². The minimum Gasteiger partial charge on any atom is -0.380 e. The van der Waals surface area contributed by atoms with Crippen LogP contribution in [0, 0.1) is 12.7 Å². The maximum atomic E-state index is 13.9. The molecule has 1 fully saturated rings. The Morgan fingerprint density at radius 2 is 2.18 bits per heavy atom. The number of nitrogens with one attached hydrogen (secondary N) is 1. The number of hydrogen-bond donors (Lipinski definition) is 1. The lowest BCUT2D eigenvalue weighted by Gasteiger charge is -2.36. The first-order valence-corrected chi connectivity index (χ1v) is 6.13. The van der Waals surface area contributed by atoms with Gasteiger partial charge in [-0.05, 0) is 45.2 Å². The van der Waals surface area contributed by atoms with Crippen molar-refractivity contribution in [1.82, 2.24) is 0 Å². The quantitative estimate of drug-likeness (QED) is 0.850. The molecule has 3 heteroatoms. The van der Waals surface area contributed by atoms with Gasteiger partial charge in [-0.2, -0.15) is 0 Å². The average molecular weight is 237 g/mol. The highest BCUT2D eigenvalue weighted by atomic mass is 19.1. The summed E-state index contributed by atoms with van der Waals surface area (Å²) in [5, 5.41) is 3.29. The standard InChI is InChI=1S/C14H20FNO/c1-10-5-4-6-12(13(10)15)16-11-7-8-17-14(2,3)9-11/h4-6,11,16H,7-9H2,1-3H3. The van der Waals surface area contributed by atoms with E-state index in [4.69, 9.17) is 4.74 Å². The molecule has 0 spiro atoms. The molecule has 1 aromatic rings. The van der Waals surface area contributed by atoms with Gasteiger partial charge in [0.2, 0.25) is 0 Å². The van der Waals surface area contributed by atoms with Crippen molar-refractivity contribution in [2.75, 3.05) is 11.9 Å². The Morgan fingerprint density at radius 1 is 1.41 bits per heavy atom. The van der Waals surface area contributed by atoms with Crippen LogP contribution in [0.15, 0.2) is 18.2 Å². The summed E-state index contributed by atoms with van der Waals surface area (Å²) in [6, 6.07) is 5.75. The van der Waals surface area contributed by atoms with Crippen LogP contribution < -0.4 is 5.32 Å². The number of anilines is 1. The van der Waals surface area contributed by atoms with Gasteiger partial charge in [0.05, 0.1) is 11.3 Å². The molecule has 1 aromatic carbocycles. The van der Waals surface area contributed by atoms with Gasteiger partial charge in [0.25, 0.3) is 0 Å². The molecule has 1 saturated heterocycles. The topological polar surface area (TPSA) is 21.3 Å². The van der Waals surface area contributed by atoms with Gasteiger partial charge in [0.15, 0.2) is 0 Å². The van der Waals surface area contributed by atoms with E-state index in [0.29, 0.717) is 11.3 Å². The first-order valence-electron chi connectivity index (χ1n) is 6.13. The molecule has 17 heavy (non-hydrogen) atoms. The van der Waals surface area contributed by atoms with E-state index in [0.717, 1.165) is 19.4 Å². The Balaban J connectivity index is 2.08. The van der Waals surface area contributed by atoms with Crippen LogP contribution >= 0.6 is 0 Å². The summed E-state index contributed by atoms with van der Waals surface area (Å²) >= 11 is 0. The van der Waals surface area contributed by atoms with E-state index in [2.05, 4.69) is 19.2 Å². The number of hydrogen-bond acceptors (Lipinski definition) is 2. The smallest absolute Gasteiger partial charge is 0.149 e. The Labute approximate surface area is 102 Å². The zero-order valence-electron chi connectivity index (χ0n) is 10.7. The zero-order valence-corrected chi connectivity index (χ0v) is 10.7. The molecule has 94 valence electrons. The van der Waals surface area contributed by atoms with E-state index in [9.17, 15) is 4.39 Å². The minimum absolute atomic E-state index is 0.115. The highest BCUT2D eigenvalue weighted by molar-refractivity contribution is 5.48. The third kappa shape index (κ3) is 2.97. The summed E-state index contributed by atoms with van der Waals surface area (Å²) in [5.74, 6) is -0.142. The second-order valence-electron chi connectivity index (χ2n) is 5.38. The molecule has 0 bridgehead atoms. The van der Waals surface area contributed by atoms with Crippen molar-refractivity contribution >= 4 is 5.69 Å². The fraction of sp³-hybridized carbons (Fsp3) is 0.571. The molecule has 1 heterocycles. The van der Waals surface area contributed by atoms with E-state index in [1.807, 2.05) is 6.07 Å². The molecule has 1 unspecified atom stereocenters. The molecule has 0 aliphatic carbocycles. The number of rotatable bonds is 2. The first kappa shape index (κ1) is 12.4. The summed E-state index contributed by atoms with van der Waals surface area (Å²) in [6.45, 7) is 6.67. The summed E-state index contributed by atoms with van der Waals surface area (Å²) < 4.78 is 19.5. The van der Waals surface area contributed by atoms with Gasteiger partial charge in [0.1, 0.15) is 5.82 Å². The molecule has 1 aliphatic heterocycles. The van der Waals surface area contributed by atoms with Crippen LogP contribution in [0.25, 0.3) is 0 Å². The van der Waals surface area contributed by atoms with Crippen molar-refractivity contribution in [1.29, 1.82) is 0 Å². The van der Waals surface area contributed by atoms with Gasteiger partial charge < -0.3 is 10.1 Å². The van der Waals surface area contributed by atoms with Gasteiger partial charge in [-0.25, -0.2) is 4.39 Å². The molecule has 0 radical (unpaired) electrons. The second kappa shape index (κ2) is 4.65. The Kier molecular flexibility index (Phi) is 3.38. The van der Waals surface area contributed by atoms with Crippen molar-refractivity contribution in [3.8, 4) is 0 Å². The van der Waals surface area contributed by atoms with Crippen LogP contribution in [0.5, 0.6) is 0 Å². The maximum Gasteiger partial charge on any atom is 0.149 e. The average Bonchev–Trinajstić information content (AvgIpc) is 2.23. The summed E-state index contributed by atoms with van der Waals surface area (Å²) in [5.41, 5.74) is 1.17. The highest BCUT2D eigenvalue weighted by Crippen LogP contribution is 2.27. The Morgan fingerprint density at radius 3 is 2.88 bits per heavy atom. The van der Waals surface area contributed by atoms with Crippen molar-refractivity contribution in [3.63, 3.8) is 0 Å². The number of halogens is 1. The van der Waals surface area contributed by atoms with Crippen LogP contribution in [0.1, 0.15) is 32.3 Å². The summed E-state index contributed by atoms with van der Waals surface area (Å²) in [4.78, 5) is 0. The molecule has 0 amide bonds. The molecule has 0 aromatic heterocycles. The van der Waals surface area contributed by atoms with Gasteiger partial charge in [-0.1, -0.05) is 12.1 Å². The second-order valence-corrected chi connectivity index (χ2v) is 5.38. The van der Waals surface area contributed by atoms with E-state index in [1.165, 1.54) is 0 Å². The number of ether oxygens (including phenoxy) is 1. The van der Waals surface area contributed by atoms with Crippen LogP contribution in [-0.4, -0.2) is 18.2 Å². The van der Waals surface area contributed by atoms with E-state index in [-0.39, 0.29) is 17.5 Å².